The standard InChI is InChI=1S/C28H21F2N5O4/c1-16-8-17(2)10-21(9-16)39-22-12-19(11-20(13-22)35(37)38)32-28(36)23-15-31-34-25(26(29)30)14-24(33-27(23)34)18-6-4-3-5-7-18/h3-15,26H,1-2H3,(H,32,36). The number of hydrogen-bond acceptors (Lipinski definition) is 6. The Kier molecular flexibility index (Phi) is 6.72. The smallest absolute Gasteiger partial charge is 0.280 e. The van der Waals surface area contributed by atoms with E-state index in [1.165, 1.54) is 24.3 Å². The van der Waals surface area contributed by atoms with E-state index in [-0.39, 0.29) is 34.0 Å². The molecule has 5 aromatic rings. The van der Waals surface area contributed by atoms with Crippen molar-refractivity contribution in [1.29, 1.82) is 0 Å². The molecule has 0 saturated heterocycles. The molecule has 0 aliphatic heterocycles. The van der Waals surface area contributed by atoms with Gasteiger partial charge in [-0.1, -0.05) is 36.4 Å². The van der Waals surface area contributed by atoms with E-state index >= 15 is 0 Å². The normalized spacial score (nSPS) is 11.1. The van der Waals surface area contributed by atoms with E-state index in [4.69, 9.17) is 4.74 Å². The topological polar surface area (TPSA) is 112 Å². The van der Waals surface area contributed by atoms with Crippen LogP contribution in [0.5, 0.6) is 11.5 Å². The minimum atomic E-state index is -2.88. The number of halogens is 2. The third-order valence-electron chi connectivity index (χ3n) is 5.83. The fourth-order valence-corrected chi connectivity index (χ4v) is 4.20. The summed E-state index contributed by atoms with van der Waals surface area (Å²) in [5.74, 6) is -0.125. The summed E-state index contributed by atoms with van der Waals surface area (Å²) in [7, 11) is 0. The molecule has 0 unspecified atom stereocenters. The average molecular weight is 530 g/mol. The van der Waals surface area contributed by atoms with Gasteiger partial charge in [0.15, 0.2) is 5.65 Å². The van der Waals surface area contributed by atoms with E-state index in [0.717, 1.165) is 21.8 Å². The number of carbonyl (C=O) groups excluding carboxylic acids is 1. The lowest BCUT2D eigenvalue weighted by Crippen LogP contribution is -2.13. The fraction of sp³-hybridized carbons (Fsp3) is 0.107. The van der Waals surface area contributed by atoms with Crippen LogP contribution in [0.25, 0.3) is 16.9 Å². The highest BCUT2D eigenvalue weighted by Gasteiger charge is 2.22. The van der Waals surface area contributed by atoms with Crippen molar-refractivity contribution in [3.05, 3.63) is 111 Å². The van der Waals surface area contributed by atoms with Gasteiger partial charge in [0.2, 0.25) is 0 Å². The number of fused-ring (bicyclic) bond motifs is 1. The Morgan fingerprint density at radius 3 is 2.36 bits per heavy atom. The molecule has 0 radical (unpaired) electrons. The van der Waals surface area contributed by atoms with Crippen molar-refractivity contribution >= 4 is 22.9 Å². The summed E-state index contributed by atoms with van der Waals surface area (Å²) in [6.07, 6.45) is -1.75. The molecule has 3 aromatic carbocycles. The quantitative estimate of drug-likeness (QED) is 0.181. The van der Waals surface area contributed by atoms with Crippen molar-refractivity contribution in [3.8, 4) is 22.8 Å². The van der Waals surface area contributed by atoms with Crippen LogP contribution in [0.1, 0.15) is 33.6 Å². The summed E-state index contributed by atoms with van der Waals surface area (Å²) in [6.45, 7) is 3.79. The number of nitrogens with zero attached hydrogens (tertiary/aromatic N) is 4. The molecule has 0 bridgehead atoms. The molecule has 1 amide bonds. The van der Waals surface area contributed by atoms with Crippen molar-refractivity contribution in [2.24, 2.45) is 0 Å². The van der Waals surface area contributed by atoms with Crippen LogP contribution in [0.4, 0.5) is 20.2 Å². The van der Waals surface area contributed by atoms with Gasteiger partial charge in [-0.3, -0.25) is 14.9 Å². The molecular formula is C28H21F2N5O4. The van der Waals surface area contributed by atoms with Crippen LogP contribution in [0, 0.1) is 24.0 Å². The lowest BCUT2D eigenvalue weighted by atomic mass is 10.1. The number of carbonyl (C=O) groups is 1. The monoisotopic (exact) mass is 529 g/mol. The predicted octanol–water partition coefficient (Wildman–Crippen LogP) is 6.90. The van der Waals surface area contributed by atoms with Crippen LogP contribution < -0.4 is 10.1 Å². The number of hydrogen-bond donors (Lipinski definition) is 1. The van der Waals surface area contributed by atoms with E-state index < -0.39 is 22.9 Å². The van der Waals surface area contributed by atoms with Crippen LogP contribution in [0.15, 0.2) is 79.0 Å². The van der Waals surface area contributed by atoms with Gasteiger partial charge in [0, 0.05) is 17.7 Å². The molecule has 1 N–H and O–H groups in total. The highest BCUT2D eigenvalue weighted by molar-refractivity contribution is 6.08. The third-order valence-corrected chi connectivity index (χ3v) is 5.83. The second-order valence-electron chi connectivity index (χ2n) is 8.88. The molecule has 5 rings (SSSR count). The lowest BCUT2D eigenvalue weighted by Gasteiger charge is -2.11. The summed E-state index contributed by atoms with van der Waals surface area (Å²) in [6, 6.07) is 19.3. The van der Waals surface area contributed by atoms with Gasteiger partial charge in [0.05, 0.1) is 28.6 Å². The predicted molar refractivity (Wildman–Crippen MR) is 140 cm³/mol. The zero-order valence-corrected chi connectivity index (χ0v) is 20.8. The Balaban J connectivity index is 1.52. The van der Waals surface area contributed by atoms with Crippen LogP contribution in [-0.4, -0.2) is 25.4 Å². The van der Waals surface area contributed by atoms with Crippen molar-refractivity contribution in [3.63, 3.8) is 0 Å². The number of nitro benzene ring substituents is 1. The highest BCUT2D eigenvalue weighted by Crippen LogP contribution is 2.32. The van der Waals surface area contributed by atoms with Crippen LogP contribution >= 0.6 is 0 Å². The Bertz CT molecular complexity index is 1700. The average Bonchev–Trinajstić information content (AvgIpc) is 3.32. The molecule has 11 heteroatoms. The molecule has 0 saturated carbocycles. The number of rotatable bonds is 7. The van der Waals surface area contributed by atoms with Crippen molar-refractivity contribution in [1.82, 2.24) is 14.6 Å². The van der Waals surface area contributed by atoms with Gasteiger partial charge in [-0.05, 0) is 43.2 Å². The van der Waals surface area contributed by atoms with E-state index in [2.05, 4.69) is 15.4 Å². The first-order chi connectivity index (χ1) is 18.7. The molecule has 2 aromatic heterocycles. The number of benzene rings is 3. The van der Waals surface area contributed by atoms with Gasteiger partial charge < -0.3 is 10.1 Å². The second-order valence-corrected chi connectivity index (χ2v) is 8.88. The maximum atomic E-state index is 13.9. The largest absolute Gasteiger partial charge is 0.457 e. The Labute approximate surface area is 220 Å². The number of anilines is 1. The lowest BCUT2D eigenvalue weighted by molar-refractivity contribution is -0.384. The first-order valence-electron chi connectivity index (χ1n) is 11.8. The number of non-ortho nitro benzene ring substituents is 1. The van der Waals surface area contributed by atoms with Crippen molar-refractivity contribution in [2.75, 3.05) is 5.32 Å². The number of amides is 1. The summed E-state index contributed by atoms with van der Waals surface area (Å²) in [5, 5.41) is 18.1. The molecule has 0 atom stereocenters. The first kappa shape index (κ1) is 25.5. The van der Waals surface area contributed by atoms with E-state index in [1.54, 1.807) is 42.5 Å². The maximum absolute atomic E-state index is 13.9. The molecule has 9 nitrogen and oxygen atoms in total. The van der Waals surface area contributed by atoms with Crippen LogP contribution in [-0.2, 0) is 0 Å². The summed E-state index contributed by atoms with van der Waals surface area (Å²) in [5.41, 5.74) is 1.88. The number of aryl methyl sites for hydroxylation is 2. The summed E-state index contributed by atoms with van der Waals surface area (Å²) < 4.78 is 34.5. The van der Waals surface area contributed by atoms with E-state index in [0.29, 0.717) is 11.3 Å². The number of ether oxygens (including phenoxy) is 1. The molecule has 2 heterocycles. The fourth-order valence-electron chi connectivity index (χ4n) is 4.20. The Hall–Kier alpha value is -5.19. The van der Waals surface area contributed by atoms with Crippen molar-refractivity contribution in [2.45, 2.75) is 20.3 Å². The summed E-state index contributed by atoms with van der Waals surface area (Å²) >= 11 is 0. The molecule has 0 aliphatic rings. The van der Waals surface area contributed by atoms with Crippen LogP contribution in [0.2, 0.25) is 0 Å². The molecule has 39 heavy (non-hydrogen) atoms. The van der Waals surface area contributed by atoms with Gasteiger partial charge in [0.1, 0.15) is 22.8 Å². The van der Waals surface area contributed by atoms with Gasteiger partial charge >= 0.3 is 0 Å². The van der Waals surface area contributed by atoms with E-state index in [9.17, 15) is 23.7 Å². The third kappa shape index (κ3) is 5.42. The number of aromatic nitrogens is 3. The molecule has 0 fully saturated rings. The minimum absolute atomic E-state index is 0.0706. The molecule has 0 spiro atoms. The Morgan fingerprint density at radius 1 is 1.00 bits per heavy atom. The van der Waals surface area contributed by atoms with Gasteiger partial charge in [-0.2, -0.15) is 5.10 Å². The zero-order valence-electron chi connectivity index (χ0n) is 20.8. The minimum Gasteiger partial charge on any atom is -0.457 e. The molecule has 196 valence electrons. The summed E-state index contributed by atoms with van der Waals surface area (Å²) in [4.78, 5) is 28.6. The molecular weight excluding hydrogens is 508 g/mol. The van der Waals surface area contributed by atoms with Crippen LogP contribution in [0.3, 0.4) is 0 Å². The van der Waals surface area contributed by atoms with Gasteiger partial charge in [-0.15, -0.1) is 0 Å². The Morgan fingerprint density at radius 2 is 1.69 bits per heavy atom. The first-order valence-corrected chi connectivity index (χ1v) is 11.8. The van der Waals surface area contributed by atoms with Gasteiger partial charge in [-0.25, -0.2) is 18.3 Å². The second kappa shape index (κ2) is 10.3. The SMILES string of the molecule is Cc1cc(C)cc(Oc2cc(NC(=O)c3cnn4c(C(F)F)cc(-c5ccccc5)nc34)cc([N+](=O)[O-])c2)c1. The number of nitrogens with one attached hydrogen (secondary N) is 1. The highest BCUT2D eigenvalue weighted by atomic mass is 19.3. The maximum Gasteiger partial charge on any atom is 0.280 e. The van der Waals surface area contributed by atoms with Crippen molar-refractivity contribution < 1.29 is 23.2 Å². The zero-order chi connectivity index (χ0) is 27.7. The van der Waals surface area contributed by atoms with E-state index in [1.807, 2.05) is 19.9 Å². The molecule has 0 aliphatic carbocycles. The van der Waals surface area contributed by atoms with Gasteiger partial charge in [0.25, 0.3) is 18.0 Å². The number of alkyl halides is 2. The number of nitro groups is 1.